The predicted molar refractivity (Wildman–Crippen MR) is 124 cm³/mol. The molecule has 0 radical (unpaired) electrons. The largest absolute Gasteiger partial charge is 0.394 e. The van der Waals surface area contributed by atoms with E-state index in [-0.39, 0.29) is 42.3 Å². The molecule has 0 unspecified atom stereocenters. The Bertz CT molecular complexity index is 1040. The Morgan fingerprint density at radius 3 is 2.34 bits per heavy atom. The molecule has 3 aliphatic rings. The average molecular weight is 434 g/mol. The summed E-state index contributed by atoms with van der Waals surface area (Å²) in [7, 11) is 5.55. The van der Waals surface area contributed by atoms with Crippen molar-refractivity contribution in [2.45, 2.75) is 31.3 Å². The van der Waals surface area contributed by atoms with Crippen LogP contribution < -0.4 is 4.90 Å². The number of fused-ring (bicyclic) bond motifs is 3. The van der Waals surface area contributed by atoms with Gasteiger partial charge in [-0.3, -0.25) is 9.59 Å². The number of benzene rings is 2. The molecule has 168 valence electrons. The fraction of sp³-hybridized carbons (Fsp3) is 0.462. The van der Waals surface area contributed by atoms with Gasteiger partial charge in [-0.15, -0.1) is 0 Å². The Labute approximate surface area is 189 Å². The van der Waals surface area contributed by atoms with E-state index < -0.39 is 0 Å². The van der Waals surface area contributed by atoms with E-state index in [1.807, 2.05) is 31.3 Å². The number of nitrogens with zero attached hydrogens (tertiary/aromatic N) is 3. The van der Waals surface area contributed by atoms with E-state index in [4.69, 9.17) is 0 Å². The summed E-state index contributed by atoms with van der Waals surface area (Å²) in [5.74, 6) is 0.688. The number of rotatable bonds is 4. The Morgan fingerprint density at radius 1 is 1.03 bits per heavy atom. The molecule has 0 aromatic heterocycles. The highest BCUT2D eigenvalue weighted by Gasteiger charge is 2.49. The van der Waals surface area contributed by atoms with Crippen molar-refractivity contribution in [3.8, 4) is 11.1 Å². The summed E-state index contributed by atoms with van der Waals surface area (Å²) >= 11 is 0. The van der Waals surface area contributed by atoms with E-state index in [0.717, 1.165) is 42.6 Å². The monoisotopic (exact) mass is 433 g/mol. The van der Waals surface area contributed by atoms with E-state index in [1.165, 1.54) is 5.56 Å². The predicted octanol–water partition coefficient (Wildman–Crippen LogP) is 3.17. The molecule has 5 rings (SSSR count). The normalized spacial score (nSPS) is 24.2. The van der Waals surface area contributed by atoms with Crippen molar-refractivity contribution >= 4 is 17.5 Å². The summed E-state index contributed by atoms with van der Waals surface area (Å²) in [6, 6.07) is 14.2. The SMILES string of the molecule is CN(C)C(=O)c1ccc(-c2ccc3c(c2)[C@H]2[C@H](CCN2C(=O)C2CC2)[C@H](CO)N3C)cc1. The van der Waals surface area contributed by atoms with Gasteiger partial charge in [0, 0.05) is 50.8 Å². The summed E-state index contributed by atoms with van der Waals surface area (Å²) in [5.41, 5.74) is 5.04. The van der Waals surface area contributed by atoms with Gasteiger partial charge >= 0.3 is 0 Å². The number of aliphatic hydroxyl groups is 1. The molecule has 2 fully saturated rings. The summed E-state index contributed by atoms with van der Waals surface area (Å²) in [4.78, 5) is 31.1. The minimum Gasteiger partial charge on any atom is -0.394 e. The molecule has 2 aromatic rings. The van der Waals surface area contributed by atoms with Gasteiger partial charge in [0.15, 0.2) is 0 Å². The lowest BCUT2D eigenvalue weighted by Crippen LogP contribution is -2.48. The highest BCUT2D eigenvalue weighted by atomic mass is 16.3. The third-order valence-corrected chi connectivity index (χ3v) is 7.43. The first-order valence-corrected chi connectivity index (χ1v) is 11.5. The fourth-order valence-corrected chi connectivity index (χ4v) is 5.51. The first-order chi connectivity index (χ1) is 15.4. The molecule has 0 spiro atoms. The zero-order valence-corrected chi connectivity index (χ0v) is 19.0. The van der Waals surface area contributed by atoms with Crippen LogP contribution in [0.5, 0.6) is 0 Å². The molecule has 3 atom stereocenters. The van der Waals surface area contributed by atoms with E-state index in [1.54, 1.807) is 19.0 Å². The van der Waals surface area contributed by atoms with Gasteiger partial charge in [-0.25, -0.2) is 0 Å². The van der Waals surface area contributed by atoms with E-state index in [2.05, 4.69) is 28.0 Å². The number of carbonyl (C=O) groups is 2. The number of likely N-dealkylation sites (N-methyl/N-ethyl adjacent to an activating group) is 1. The van der Waals surface area contributed by atoms with Crippen molar-refractivity contribution in [3.63, 3.8) is 0 Å². The highest BCUT2D eigenvalue weighted by molar-refractivity contribution is 5.94. The zero-order chi connectivity index (χ0) is 22.6. The van der Waals surface area contributed by atoms with E-state index in [0.29, 0.717) is 5.56 Å². The lowest BCUT2D eigenvalue weighted by atomic mass is 9.81. The van der Waals surface area contributed by atoms with Crippen LogP contribution in [0.2, 0.25) is 0 Å². The molecule has 1 saturated heterocycles. The third kappa shape index (κ3) is 3.37. The minimum absolute atomic E-state index is 0.0123. The number of aliphatic hydroxyl groups excluding tert-OH is 1. The lowest BCUT2D eigenvalue weighted by molar-refractivity contribution is -0.134. The van der Waals surface area contributed by atoms with Gasteiger partial charge in [-0.1, -0.05) is 18.2 Å². The number of carbonyl (C=O) groups excluding carboxylic acids is 2. The minimum atomic E-state index is -0.0123. The second-order valence-corrected chi connectivity index (χ2v) is 9.61. The molecule has 2 amide bonds. The van der Waals surface area contributed by atoms with Crippen LogP contribution in [0.15, 0.2) is 42.5 Å². The maximum atomic E-state index is 13.1. The van der Waals surface area contributed by atoms with Gasteiger partial charge in [0.05, 0.1) is 18.7 Å². The van der Waals surface area contributed by atoms with Crippen LogP contribution in [0, 0.1) is 11.8 Å². The standard InChI is InChI=1S/C26H31N3O3/c1-27(2)25(31)17-6-4-16(5-7-17)19-10-11-22-21(14-19)24-20(23(15-30)28(22)3)12-13-29(24)26(32)18-8-9-18/h4-7,10-11,14,18,20,23-24,30H,8-9,12-13,15H2,1-3H3/t20-,23+,24-/m1/s1. The van der Waals surface area contributed by atoms with Gasteiger partial charge in [-0.05, 0) is 60.2 Å². The van der Waals surface area contributed by atoms with Crippen LogP contribution in [0.25, 0.3) is 11.1 Å². The molecule has 0 bridgehead atoms. The van der Waals surface area contributed by atoms with Crippen molar-refractivity contribution in [1.29, 1.82) is 0 Å². The van der Waals surface area contributed by atoms with Crippen LogP contribution in [0.4, 0.5) is 5.69 Å². The van der Waals surface area contributed by atoms with Crippen molar-refractivity contribution in [3.05, 3.63) is 53.6 Å². The van der Waals surface area contributed by atoms with Crippen molar-refractivity contribution < 1.29 is 14.7 Å². The highest BCUT2D eigenvalue weighted by Crippen LogP contribution is 2.50. The Balaban J connectivity index is 1.53. The topological polar surface area (TPSA) is 64.1 Å². The van der Waals surface area contributed by atoms with Gasteiger partial charge in [0.1, 0.15) is 0 Å². The van der Waals surface area contributed by atoms with Crippen LogP contribution in [0.3, 0.4) is 0 Å². The molecule has 1 N–H and O–H groups in total. The van der Waals surface area contributed by atoms with Crippen LogP contribution >= 0.6 is 0 Å². The summed E-state index contributed by atoms with van der Waals surface area (Å²) < 4.78 is 0. The Kier molecular flexibility index (Phi) is 5.20. The van der Waals surface area contributed by atoms with Gasteiger partial charge in [0.25, 0.3) is 5.91 Å². The smallest absolute Gasteiger partial charge is 0.253 e. The average Bonchev–Trinajstić information content (AvgIpc) is 3.57. The summed E-state index contributed by atoms with van der Waals surface area (Å²) in [6.45, 7) is 0.853. The second-order valence-electron chi connectivity index (χ2n) is 9.61. The molecule has 6 nitrogen and oxygen atoms in total. The molecule has 2 aromatic carbocycles. The first kappa shape index (κ1) is 21.0. The maximum absolute atomic E-state index is 13.1. The first-order valence-electron chi connectivity index (χ1n) is 11.5. The number of anilines is 1. The summed E-state index contributed by atoms with van der Waals surface area (Å²) in [5, 5.41) is 10.1. The van der Waals surface area contributed by atoms with Gasteiger partial charge in [-0.2, -0.15) is 0 Å². The van der Waals surface area contributed by atoms with Crippen LogP contribution in [-0.4, -0.2) is 67.1 Å². The summed E-state index contributed by atoms with van der Waals surface area (Å²) in [6.07, 6.45) is 2.92. The zero-order valence-electron chi connectivity index (χ0n) is 19.0. The van der Waals surface area contributed by atoms with E-state index in [9.17, 15) is 14.7 Å². The van der Waals surface area contributed by atoms with Crippen LogP contribution in [-0.2, 0) is 4.79 Å². The van der Waals surface area contributed by atoms with Gasteiger partial charge in [0.2, 0.25) is 5.91 Å². The quantitative estimate of drug-likeness (QED) is 0.805. The third-order valence-electron chi connectivity index (χ3n) is 7.43. The number of likely N-dealkylation sites (tertiary alicyclic amines) is 1. The second kappa shape index (κ2) is 7.93. The molecule has 2 aliphatic heterocycles. The molecule has 1 aliphatic carbocycles. The van der Waals surface area contributed by atoms with Gasteiger partial charge < -0.3 is 19.8 Å². The van der Waals surface area contributed by atoms with E-state index >= 15 is 0 Å². The molecule has 2 heterocycles. The van der Waals surface area contributed by atoms with Crippen molar-refractivity contribution in [2.75, 3.05) is 39.2 Å². The maximum Gasteiger partial charge on any atom is 0.253 e. The number of hydrogen-bond acceptors (Lipinski definition) is 4. The molecule has 6 heteroatoms. The van der Waals surface area contributed by atoms with Crippen molar-refractivity contribution in [2.24, 2.45) is 11.8 Å². The lowest BCUT2D eigenvalue weighted by Gasteiger charge is -2.44. The Morgan fingerprint density at radius 2 is 1.72 bits per heavy atom. The number of hydrogen-bond donors (Lipinski definition) is 1. The molecular weight excluding hydrogens is 402 g/mol. The molecule has 1 saturated carbocycles. The van der Waals surface area contributed by atoms with Crippen molar-refractivity contribution in [1.82, 2.24) is 9.80 Å². The Hall–Kier alpha value is -2.86. The fourth-order valence-electron chi connectivity index (χ4n) is 5.51. The molecule has 32 heavy (non-hydrogen) atoms. The molecular formula is C26H31N3O3. The van der Waals surface area contributed by atoms with Crippen LogP contribution in [0.1, 0.15) is 41.2 Å². The number of amides is 2.